The van der Waals surface area contributed by atoms with Crippen molar-refractivity contribution in [1.29, 1.82) is 0 Å². The van der Waals surface area contributed by atoms with E-state index in [0.29, 0.717) is 57.6 Å². The fraction of sp³-hybridized carbons (Fsp3) is 0.154. The Kier molecular flexibility index (Phi) is 6.83. The molecule has 0 aliphatic carbocycles. The number of ether oxygens (including phenoxy) is 1. The summed E-state index contributed by atoms with van der Waals surface area (Å²) in [5.41, 5.74) is 3.49. The first-order chi connectivity index (χ1) is 17.2. The summed E-state index contributed by atoms with van der Waals surface area (Å²) >= 11 is 19.8. The number of aromatic nitrogens is 2. The van der Waals surface area contributed by atoms with Gasteiger partial charge in [-0.3, -0.25) is 9.56 Å². The molecule has 0 fully saturated rings. The number of halogens is 3. The van der Waals surface area contributed by atoms with Crippen LogP contribution in [0.15, 0.2) is 76.7 Å². The Morgan fingerprint density at radius 3 is 2.33 bits per heavy atom. The van der Waals surface area contributed by atoms with Crippen LogP contribution in [-0.4, -0.2) is 43.3 Å². The van der Waals surface area contributed by atoms with Crippen LogP contribution in [0.2, 0.25) is 15.1 Å². The van der Waals surface area contributed by atoms with E-state index in [0.717, 1.165) is 16.8 Å². The van der Waals surface area contributed by atoms with Gasteiger partial charge in [0.25, 0.3) is 0 Å². The number of benzene rings is 3. The van der Waals surface area contributed by atoms with Gasteiger partial charge in [0.15, 0.2) is 15.7 Å². The monoisotopic (exact) mass is 559 g/mol. The molecule has 3 aromatic carbocycles. The highest BCUT2D eigenvalue weighted by atomic mass is 35.5. The standard InChI is InChI=1S/C26H20Cl3N3O3S/c1-36(33,34)19-5-2-4-16(12-19)17-8-9-23(22(29)13-17)32-15-18(14-24-30-10-11-35-24)31-26(32)25-20(27)6-3-7-21(25)28/h2-9,12-13,15H,10-11,14H2,1H3. The molecule has 0 amide bonds. The highest BCUT2D eigenvalue weighted by Gasteiger charge is 2.21. The summed E-state index contributed by atoms with van der Waals surface area (Å²) in [5.74, 6) is 1.16. The molecule has 5 rings (SSSR count). The van der Waals surface area contributed by atoms with E-state index in [9.17, 15) is 8.42 Å². The lowest BCUT2D eigenvalue weighted by Crippen LogP contribution is -2.03. The molecule has 0 saturated carbocycles. The van der Waals surface area contributed by atoms with E-state index >= 15 is 0 Å². The molecule has 1 aliphatic heterocycles. The molecule has 0 unspecified atom stereocenters. The Morgan fingerprint density at radius 2 is 1.67 bits per heavy atom. The number of rotatable bonds is 6. The van der Waals surface area contributed by atoms with E-state index in [1.807, 2.05) is 29.0 Å². The Morgan fingerprint density at radius 1 is 0.944 bits per heavy atom. The van der Waals surface area contributed by atoms with E-state index in [1.165, 1.54) is 6.26 Å². The van der Waals surface area contributed by atoms with E-state index in [1.54, 1.807) is 42.5 Å². The van der Waals surface area contributed by atoms with Crippen LogP contribution in [0.5, 0.6) is 0 Å². The molecule has 0 saturated heterocycles. The quantitative estimate of drug-likeness (QED) is 0.268. The van der Waals surface area contributed by atoms with Gasteiger partial charge in [0, 0.05) is 12.5 Å². The highest BCUT2D eigenvalue weighted by Crippen LogP contribution is 2.37. The molecule has 6 nitrogen and oxygen atoms in total. The molecule has 184 valence electrons. The molecule has 2 heterocycles. The minimum atomic E-state index is -3.34. The van der Waals surface area contributed by atoms with Crippen molar-refractivity contribution in [3.63, 3.8) is 0 Å². The number of hydrogen-bond donors (Lipinski definition) is 0. The van der Waals surface area contributed by atoms with Crippen LogP contribution < -0.4 is 0 Å². The first-order valence-electron chi connectivity index (χ1n) is 11.0. The lowest BCUT2D eigenvalue weighted by atomic mass is 10.1. The lowest BCUT2D eigenvalue weighted by Gasteiger charge is -2.13. The van der Waals surface area contributed by atoms with Crippen molar-refractivity contribution in [2.45, 2.75) is 11.3 Å². The van der Waals surface area contributed by atoms with Crippen molar-refractivity contribution in [2.24, 2.45) is 4.99 Å². The molecule has 0 N–H and O–H groups in total. The van der Waals surface area contributed by atoms with Crippen LogP contribution in [0, 0.1) is 0 Å². The van der Waals surface area contributed by atoms with E-state index < -0.39 is 9.84 Å². The molecule has 1 aliphatic rings. The fourth-order valence-electron chi connectivity index (χ4n) is 4.01. The van der Waals surface area contributed by atoms with Gasteiger partial charge in [-0.05, 0) is 47.5 Å². The van der Waals surface area contributed by atoms with Crippen LogP contribution in [0.25, 0.3) is 28.2 Å². The maximum Gasteiger partial charge on any atom is 0.189 e. The first-order valence-corrected chi connectivity index (χ1v) is 14.0. The Hall–Kier alpha value is -2.84. The molecule has 0 bridgehead atoms. The molecule has 0 radical (unpaired) electrons. The summed E-state index contributed by atoms with van der Waals surface area (Å²) in [6.07, 6.45) is 3.47. The van der Waals surface area contributed by atoms with Crippen LogP contribution in [0.3, 0.4) is 0 Å². The third-order valence-electron chi connectivity index (χ3n) is 5.73. The third kappa shape index (κ3) is 5.02. The SMILES string of the molecule is CS(=O)(=O)c1cccc(-c2ccc(-n3cc(CC4=NCCO4)nc3-c3c(Cl)cccc3Cl)c(Cl)c2)c1. The van der Waals surface area contributed by atoms with Crippen molar-refractivity contribution < 1.29 is 13.2 Å². The summed E-state index contributed by atoms with van der Waals surface area (Å²) in [6.45, 7) is 1.19. The van der Waals surface area contributed by atoms with Crippen LogP contribution in [-0.2, 0) is 21.0 Å². The minimum Gasteiger partial charge on any atom is -0.479 e. The van der Waals surface area contributed by atoms with E-state index in [4.69, 9.17) is 44.5 Å². The molecule has 10 heteroatoms. The topological polar surface area (TPSA) is 73.5 Å². The molecule has 0 spiro atoms. The van der Waals surface area contributed by atoms with Gasteiger partial charge in [-0.1, -0.05) is 59.1 Å². The van der Waals surface area contributed by atoms with E-state index in [-0.39, 0.29) is 4.90 Å². The van der Waals surface area contributed by atoms with Gasteiger partial charge in [-0.15, -0.1) is 0 Å². The van der Waals surface area contributed by atoms with Gasteiger partial charge in [-0.25, -0.2) is 13.4 Å². The highest BCUT2D eigenvalue weighted by molar-refractivity contribution is 7.90. The summed E-state index contributed by atoms with van der Waals surface area (Å²) in [6, 6.07) is 17.6. The normalized spacial score (nSPS) is 13.5. The van der Waals surface area contributed by atoms with Crippen molar-refractivity contribution >= 4 is 50.5 Å². The molecule has 36 heavy (non-hydrogen) atoms. The number of hydrogen-bond acceptors (Lipinski definition) is 5. The van der Waals surface area contributed by atoms with Gasteiger partial charge in [0.1, 0.15) is 12.4 Å². The number of imidazole rings is 1. The molecule has 0 atom stereocenters. The maximum absolute atomic E-state index is 12.0. The molecular formula is C26H20Cl3N3O3S. The van der Waals surface area contributed by atoms with Gasteiger partial charge in [0.05, 0.1) is 49.9 Å². The van der Waals surface area contributed by atoms with E-state index in [2.05, 4.69) is 4.99 Å². The summed E-state index contributed by atoms with van der Waals surface area (Å²) in [5, 5.41) is 1.36. The number of aliphatic imine (C=N–C) groups is 1. The smallest absolute Gasteiger partial charge is 0.189 e. The lowest BCUT2D eigenvalue weighted by molar-refractivity contribution is 0.340. The third-order valence-corrected chi connectivity index (χ3v) is 7.77. The molecule has 4 aromatic rings. The molecular weight excluding hydrogens is 541 g/mol. The average molecular weight is 561 g/mol. The van der Waals surface area contributed by atoms with Gasteiger partial charge >= 0.3 is 0 Å². The fourth-order valence-corrected chi connectivity index (χ4v) is 5.52. The predicted molar refractivity (Wildman–Crippen MR) is 145 cm³/mol. The van der Waals surface area contributed by atoms with Gasteiger partial charge in [0.2, 0.25) is 0 Å². The van der Waals surface area contributed by atoms with Crippen molar-refractivity contribution in [1.82, 2.24) is 9.55 Å². The Bertz CT molecular complexity index is 1590. The molecule has 1 aromatic heterocycles. The minimum absolute atomic E-state index is 0.243. The van der Waals surface area contributed by atoms with Gasteiger partial charge < -0.3 is 4.74 Å². The zero-order chi connectivity index (χ0) is 25.4. The van der Waals surface area contributed by atoms with Crippen molar-refractivity contribution in [3.05, 3.63) is 87.6 Å². The summed E-state index contributed by atoms with van der Waals surface area (Å²) in [4.78, 5) is 9.41. The van der Waals surface area contributed by atoms with Crippen molar-refractivity contribution in [3.8, 4) is 28.2 Å². The first kappa shape index (κ1) is 24.8. The average Bonchev–Trinajstić information content (AvgIpc) is 3.49. The number of nitrogens with zero attached hydrogens (tertiary/aromatic N) is 3. The van der Waals surface area contributed by atoms with Crippen LogP contribution in [0.1, 0.15) is 5.69 Å². The van der Waals surface area contributed by atoms with Crippen LogP contribution in [0.4, 0.5) is 0 Å². The number of sulfone groups is 1. The summed E-state index contributed by atoms with van der Waals surface area (Å²) in [7, 11) is -3.34. The van der Waals surface area contributed by atoms with Gasteiger partial charge in [-0.2, -0.15) is 0 Å². The zero-order valence-corrected chi connectivity index (χ0v) is 22.2. The second-order valence-electron chi connectivity index (χ2n) is 8.29. The second-order valence-corrected chi connectivity index (χ2v) is 11.5. The summed E-state index contributed by atoms with van der Waals surface area (Å²) < 4.78 is 31.4. The largest absolute Gasteiger partial charge is 0.479 e. The predicted octanol–water partition coefficient (Wildman–Crippen LogP) is 6.54. The Labute approximate surface area is 224 Å². The Balaban J connectivity index is 1.61. The van der Waals surface area contributed by atoms with Crippen LogP contribution >= 0.6 is 34.8 Å². The van der Waals surface area contributed by atoms with Crippen molar-refractivity contribution in [2.75, 3.05) is 19.4 Å². The second kappa shape index (κ2) is 9.90. The zero-order valence-electron chi connectivity index (χ0n) is 19.1. The maximum atomic E-state index is 12.0.